The van der Waals surface area contributed by atoms with E-state index in [4.69, 9.17) is 0 Å². The third kappa shape index (κ3) is 2.44. The van der Waals surface area contributed by atoms with Crippen molar-refractivity contribution in [2.75, 3.05) is 5.32 Å². The van der Waals surface area contributed by atoms with Crippen LogP contribution in [0.1, 0.15) is 15.9 Å². The third-order valence-corrected chi connectivity index (χ3v) is 2.36. The molecule has 0 saturated heterocycles. The number of aromatic hydroxyl groups is 1. The molecular weight excluding hydrogens is 218 g/mol. The Labute approximate surface area is 98.7 Å². The highest BCUT2D eigenvalue weighted by Crippen LogP contribution is 2.19. The molecule has 17 heavy (non-hydrogen) atoms. The van der Waals surface area contributed by atoms with Gasteiger partial charge in [-0.2, -0.15) is 5.10 Å². The molecule has 0 radical (unpaired) electrons. The van der Waals surface area contributed by atoms with Gasteiger partial charge in [-0.1, -0.05) is 11.6 Å². The monoisotopic (exact) mass is 231 g/mol. The van der Waals surface area contributed by atoms with Crippen molar-refractivity contribution < 1.29 is 9.90 Å². The maximum absolute atomic E-state index is 11.9. The summed E-state index contributed by atoms with van der Waals surface area (Å²) in [4.78, 5) is 11.9. The van der Waals surface area contributed by atoms with Crippen molar-refractivity contribution in [3.8, 4) is 5.75 Å². The second kappa shape index (κ2) is 4.29. The number of nitrogens with zero attached hydrogens (tertiary/aromatic N) is 2. The molecule has 2 N–H and O–H groups in total. The Bertz CT molecular complexity index is 561. The van der Waals surface area contributed by atoms with Gasteiger partial charge in [0.05, 0.1) is 17.4 Å². The van der Waals surface area contributed by atoms with Gasteiger partial charge in [-0.15, -0.1) is 0 Å². The third-order valence-electron chi connectivity index (χ3n) is 2.36. The molecule has 0 bridgehead atoms. The quantitative estimate of drug-likeness (QED) is 0.826. The molecule has 2 rings (SSSR count). The van der Waals surface area contributed by atoms with Gasteiger partial charge < -0.3 is 10.4 Å². The Morgan fingerprint density at radius 2 is 2.24 bits per heavy atom. The molecule has 1 aromatic heterocycles. The number of benzene rings is 1. The lowest BCUT2D eigenvalue weighted by molar-refractivity contribution is 0.102. The van der Waals surface area contributed by atoms with Gasteiger partial charge in [0.15, 0.2) is 0 Å². The van der Waals surface area contributed by atoms with Gasteiger partial charge in [-0.3, -0.25) is 9.48 Å². The van der Waals surface area contributed by atoms with Crippen LogP contribution in [0.4, 0.5) is 5.69 Å². The number of rotatable bonds is 2. The van der Waals surface area contributed by atoms with E-state index in [1.165, 1.54) is 6.07 Å². The van der Waals surface area contributed by atoms with Crippen LogP contribution in [0.3, 0.4) is 0 Å². The van der Waals surface area contributed by atoms with Gasteiger partial charge in [-0.05, 0) is 19.1 Å². The predicted octanol–water partition coefficient (Wildman–Crippen LogP) is 1.69. The van der Waals surface area contributed by atoms with Crippen LogP contribution in [-0.2, 0) is 7.05 Å². The van der Waals surface area contributed by atoms with Gasteiger partial charge in [0.2, 0.25) is 0 Å². The van der Waals surface area contributed by atoms with Crippen molar-refractivity contribution in [2.24, 2.45) is 7.05 Å². The van der Waals surface area contributed by atoms with Crippen molar-refractivity contribution in [3.63, 3.8) is 0 Å². The number of nitrogens with one attached hydrogen (secondary N) is 1. The van der Waals surface area contributed by atoms with E-state index in [0.29, 0.717) is 5.69 Å². The molecule has 0 unspecified atom stereocenters. The van der Waals surface area contributed by atoms with Crippen molar-refractivity contribution >= 4 is 11.6 Å². The molecule has 0 saturated carbocycles. The molecule has 1 aromatic carbocycles. The number of amides is 1. The summed E-state index contributed by atoms with van der Waals surface area (Å²) in [5.74, 6) is -0.379. The molecule has 5 nitrogen and oxygen atoms in total. The maximum atomic E-state index is 11.9. The first kappa shape index (κ1) is 11.2. The van der Waals surface area contributed by atoms with E-state index in [-0.39, 0.29) is 17.2 Å². The summed E-state index contributed by atoms with van der Waals surface area (Å²) >= 11 is 0. The lowest BCUT2D eigenvalue weighted by Gasteiger charge is -2.05. The SMILES string of the molecule is Cc1ccc(O)c(C(=O)Nc2cnn(C)c2)c1. The second-order valence-electron chi connectivity index (χ2n) is 3.88. The number of hydrogen-bond acceptors (Lipinski definition) is 3. The van der Waals surface area contributed by atoms with Crippen LogP contribution >= 0.6 is 0 Å². The molecule has 0 aliphatic carbocycles. The Balaban J connectivity index is 2.22. The van der Waals surface area contributed by atoms with Crippen LogP contribution in [-0.4, -0.2) is 20.8 Å². The van der Waals surface area contributed by atoms with E-state index in [2.05, 4.69) is 10.4 Å². The van der Waals surface area contributed by atoms with Crippen LogP contribution < -0.4 is 5.32 Å². The standard InChI is InChI=1S/C12H13N3O2/c1-8-3-4-11(16)10(5-8)12(17)14-9-6-13-15(2)7-9/h3-7,16H,1-2H3,(H,14,17). The topological polar surface area (TPSA) is 67.2 Å². The Morgan fingerprint density at radius 3 is 2.88 bits per heavy atom. The molecule has 0 spiro atoms. The number of hydrogen-bond donors (Lipinski definition) is 2. The Morgan fingerprint density at radius 1 is 1.47 bits per heavy atom. The summed E-state index contributed by atoms with van der Waals surface area (Å²) < 4.78 is 1.59. The maximum Gasteiger partial charge on any atom is 0.259 e. The number of aromatic nitrogens is 2. The summed E-state index contributed by atoms with van der Waals surface area (Å²) in [6.07, 6.45) is 3.23. The first-order chi connectivity index (χ1) is 8.06. The van der Waals surface area contributed by atoms with E-state index >= 15 is 0 Å². The molecule has 2 aromatic rings. The smallest absolute Gasteiger partial charge is 0.259 e. The first-order valence-corrected chi connectivity index (χ1v) is 5.16. The fraction of sp³-hybridized carbons (Fsp3) is 0.167. The summed E-state index contributed by atoms with van der Waals surface area (Å²) in [6, 6.07) is 4.89. The second-order valence-corrected chi connectivity index (χ2v) is 3.88. The number of phenolic OH excluding ortho intramolecular Hbond substituents is 1. The van der Waals surface area contributed by atoms with E-state index in [9.17, 15) is 9.90 Å². The molecular formula is C12H13N3O2. The summed E-state index contributed by atoms with van der Waals surface area (Å²) in [6.45, 7) is 1.86. The molecule has 0 aliphatic heterocycles. The fourth-order valence-corrected chi connectivity index (χ4v) is 1.52. The van der Waals surface area contributed by atoms with E-state index < -0.39 is 0 Å². The van der Waals surface area contributed by atoms with E-state index in [1.54, 1.807) is 36.3 Å². The van der Waals surface area contributed by atoms with Crippen LogP contribution in [0.25, 0.3) is 0 Å². The lowest BCUT2D eigenvalue weighted by atomic mass is 10.1. The highest BCUT2D eigenvalue weighted by molar-refractivity contribution is 6.06. The molecule has 0 atom stereocenters. The highest BCUT2D eigenvalue weighted by Gasteiger charge is 2.11. The summed E-state index contributed by atoms with van der Waals surface area (Å²) in [5.41, 5.74) is 1.77. The minimum Gasteiger partial charge on any atom is -0.507 e. The number of carbonyl (C=O) groups is 1. The van der Waals surface area contributed by atoms with Crippen molar-refractivity contribution in [1.29, 1.82) is 0 Å². The van der Waals surface area contributed by atoms with Crippen LogP contribution in [0.2, 0.25) is 0 Å². The molecule has 1 heterocycles. The average Bonchev–Trinajstić information content (AvgIpc) is 2.67. The van der Waals surface area contributed by atoms with Crippen molar-refractivity contribution in [3.05, 3.63) is 41.7 Å². The average molecular weight is 231 g/mol. The molecule has 88 valence electrons. The minimum atomic E-state index is -0.348. The minimum absolute atomic E-state index is 0.0306. The fourth-order valence-electron chi connectivity index (χ4n) is 1.52. The zero-order valence-corrected chi connectivity index (χ0v) is 9.64. The molecule has 0 fully saturated rings. The van der Waals surface area contributed by atoms with Crippen LogP contribution in [0.5, 0.6) is 5.75 Å². The summed E-state index contributed by atoms with van der Waals surface area (Å²) in [7, 11) is 1.76. The van der Waals surface area contributed by atoms with Gasteiger partial charge in [0, 0.05) is 13.2 Å². The van der Waals surface area contributed by atoms with Crippen LogP contribution in [0, 0.1) is 6.92 Å². The number of phenols is 1. The van der Waals surface area contributed by atoms with Crippen molar-refractivity contribution in [2.45, 2.75) is 6.92 Å². The molecule has 1 amide bonds. The normalized spacial score (nSPS) is 10.2. The number of anilines is 1. The van der Waals surface area contributed by atoms with Gasteiger partial charge in [0.1, 0.15) is 5.75 Å². The van der Waals surface area contributed by atoms with Crippen molar-refractivity contribution in [1.82, 2.24) is 9.78 Å². The van der Waals surface area contributed by atoms with Gasteiger partial charge in [0.25, 0.3) is 5.91 Å². The number of carbonyl (C=O) groups excluding carboxylic acids is 1. The molecule has 5 heteroatoms. The van der Waals surface area contributed by atoms with Crippen LogP contribution in [0.15, 0.2) is 30.6 Å². The Hall–Kier alpha value is -2.30. The van der Waals surface area contributed by atoms with E-state index in [0.717, 1.165) is 5.56 Å². The van der Waals surface area contributed by atoms with Gasteiger partial charge >= 0.3 is 0 Å². The van der Waals surface area contributed by atoms with Gasteiger partial charge in [-0.25, -0.2) is 0 Å². The Kier molecular flexibility index (Phi) is 2.82. The summed E-state index contributed by atoms with van der Waals surface area (Å²) in [5, 5.41) is 16.2. The zero-order valence-electron chi connectivity index (χ0n) is 9.64. The number of aryl methyl sites for hydroxylation is 2. The zero-order chi connectivity index (χ0) is 12.4. The highest BCUT2D eigenvalue weighted by atomic mass is 16.3. The first-order valence-electron chi connectivity index (χ1n) is 5.16. The lowest BCUT2D eigenvalue weighted by Crippen LogP contribution is -2.11. The van der Waals surface area contributed by atoms with E-state index in [1.807, 2.05) is 6.92 Å². The largest absolute Gasteiger partial charge is 0.507 e. The predicted molar refractivity (Wildman–Crippen MR) is 64.0 cm³/mol. The molecule has 0 aliphatic rings.